The van der Waals surface area contributed by atoms with Gasteiger partial charge in [-0.3, -0.25) is 0 Å². The van der Waals surface area contributed by atoms with Crippen molar-refractivity contribution in [3.05, 3.63) is 30.1 Å². The Morgan fingerprint density at radius 3 is 2.50 bits per heavy atom. The molecule has 0 atom stereocenters. The van der Waals surface area contributed by atoms with Crippen molar-refractivity contribution in [3.8, 4) is 0 Å². The Bertz CT molecular complexity index is 474. The third kappa shape index (κ3) is 2.97. The van der Waals surface area contributed by atoms with Crippen LogP contribution in [0.1, 0.15) is 13.8 Å². The number of urea groups is 1. The largest absolute Gasteiger partial charge is 0.480 e. The van der Waals surface area contributed by atoms with Crippen LogP contribution in [0, 0.1) is 5.82 Å². The number of likely N-dealkylation sites (N-methyl/N-ethyl adjacent to an activating group) is 1. The lowest BCUT2D eigenvalue weighted by molar-refractivity contribution is -0.146. The minimum Gasteiger partial charge on any atom is -0.480 e. The van der Waals surface area contributed by atoms with Gasteiger partial charge in [0.25, 0.3) is 0 Å². The quantitative estimate of drug-likeness (QED) is 0.868. The lowest BCUT2D eigenvalue weighted by Gasteiger charge is -2.31. The van der Waals surface area contributed by atoms with Gasteiger partial charge in [-0.1, -0.05) is 6.07 Å². The second-order valence-electron chi connectivity index (χ2n) is 4.36. The first kappa shape index (κ1) is 14.0. The van der Waals surface area contributed by atoms with Crippen molar-refractivity contribution >= 4 is 17.7 Å². The first-order valence-corrected chi connectivity index (χ1v) is 5.29. The van der Waals surface area contributed by atoms with E-state index in [1.807, 2.05) is 0 Å². The summed E-state index contributed by atoms with van der Waals surface area (Å²) >= 11 is 0. The zero-order valence-corrected chi connectivity index (χ0v) is 10.4. The van der Waals surface area contributed by atoms with Crippen molar-refractivity contribution < 1.29 is 19.1 Å². The van der Waals surface area contributed by atoms with Crippen molar-refractivity contribution in [2.24, 2.45) is 0 Å². The first-order valence-electron chi connectivity index (χ1n) is 5.29. The van der Waals surface area contributed by atoms with Crippen LogP contribution >= 0.6 is 0 Å². The fourth-order valence-electron chi connectivity index (χ4n) is 1.17. The number of nitrogens with zero attached hydrogens (tertiary/aromatic N) is 1. The van der Waals surface area contributed by atoms with E-state index in [9.17, 15) is 14.0 Å². The maximum absolute atomic E-state index is 12.9. The van der Waals surface area contributed by atoms with Crippen molar-refractivity contribution in [3.63, 3.8) is 0 Å². The number of aliphatic carboxylic acids is 1. The van der Waals surface area contributed by atoms with E-state index >= 15 is 0 Å². The summed E-state index contributed by atoms with van der Waals surface area (Å²) in [6.07, 6.45) is 0. The number of carboxylic acid groups (broad SMARTS) is 1. The maximum Gasteiger partial charge on any atom is 0.329 e. The number of hydrogen-bond acceptors (Lipinski definition) is 2. The van der Waals surface area contributed by atoms with Gasteiger partial charge in [-0.15, -0.1) is 0 Å². The van der Waals surface area contributed by atoms with Crippen LogP contribution in [0.25, 0.3) is 0 Å². The average Bonchev–Trinajstić information content (AvgIpc) is 2.27. The van der Waals surface area contributed by atoms with Gasteiger partial charge in [0.2, 0.25) is 0 Å². The molecule has 98 valence electrons. The van der Waals surface area contributed by atoms with Crippen LogP contribution in [0.4, 0.5) is 14.9 Å². The lowest BCUT2D eigenvalue weighted by Crippen LogP contribution is -2.52. The highest BCUT2D eigenvalue weighted by Crippen LogP contribution is 2.15. The molecule has 0 bridgehead atoms. The van der Waals surface area contributed by atoms with Gasteiger partial charge in [-0.05, 0) is 32.0 Å². The summed E-state index contributed by atoms with van der Waals surface area (Å²) in [7, 11) is 1.36. The molecule has 0 saturated carbocycles. The summed E-state index contributed by atoms with van der Waals surface area (Å²) in [4.78, 5) is 23.8. The first-order chi connectivity index (χ1) is 8.25. The van der Waals surface area contributed by atoms with Crippen molar-refractivity contribution in [2.75, 3.05) is 12.4 Å². The Kier molecular flexibility index (Phi) is 3.90. The molecule has 2 amide bonds. The van der Waals surface area contributed by atoms with Crippen LogP contribution in [0.5, 0.6) is 0 Å². The van der Waals surface area contributed by atoms with Crippen LogP contribution in [-0.2, 0) is 4.79 Å². The van der Waals surface area contributed by atoms with Crippen molar-refractivity contribution in [1.82, 2.24) is 4.90 Å². The number of carboxylic acids is 1. The van der Waals surface area contributed by atoms with E-state index in [1.54, 1.807) is 0 Å². The van der Waals surface area contributed by atoms with Gasteiger partial charge in [0.15, 0.2) is 0 Å². The molecular formula is C12H15FN2O3. The molecule has 0 heterocycles. The van der Waals surface area contributed by atoms with Gasteiger partial charge in [0.1, 0.15) is 11.4 Å². The number of amides is 2. The van der Waals surface area contributed by atoms with Crippen LogP contribution in [-0.4, -0.2) is 34.6 Å². The fraction of sp³-hybridized carbons (Fsp3) is 0.333. The molecule has 18 heavy (non-hydrogen) atoms. The topological polar surface area (TPSA) is 69.6 Å². The number of halogens is 1. The minimum absolute atomic E-state index is 0.271. The molecule has 1 aromatic carbocycles. The summed E-state index contributed by atoms with van der Waals surface area (Å²) in [5.74, 6) is -1.60. The van der Waals surface area contributed by atoms with E-state index in [4.69, 9.17) is 5.11 Å². The highest BCUT2D eigenvalue weighted by Gasteiger charge is 2.35. The Labute approximate surface area is 104 Å². The molecule has 5 nitrogen and oxygen atoms in total. The third-order valence-corrected chi connectivity index (χ3v) is 2.74. The van der Waals surface area contributed by atoms with Crippen molar-refractivity contribution in [1.29, 1.82) is 0 Å². The Balaban J connectivity index is 2.80. The Hall–Kier alpha value is -2.11. The molecular weight excluding hydrogens is 239 g/mol. The zero-order chi connectivity index (χ0) is 13.9. The molecule has 1 rings (SSSR count). The summed E-state index contributed by atoms with van der Waals surface area (Å²) < 4.78 is 12.9. The Morgan fingerprint density at radius 1 is 1.39 bits per heavy atom. The van der Waals surface area contributed by atoms with Crippen LogP contribution in [0.2, 0.25) is 0 Å². The van der Waals surface area contributed by atoms with Gasteiger partial charge in [-0.25, -0.2) is 14.0 Å². The van der Waals surface area contributed by atoms with Gasteiger partial charge in [0.05, 0.1) is 0 Å². The zero-order valence-electron chi connectivity index (χ0n) is 10.4. The molecule has 0 unspecified atom stereocenters. The van der Waals surface area contributed by atoms with Gasteiger partial charge in [0, 0.05) is 12.7 Å². The second kappa shape index (κ2) is 5.03. The molecule has 0 spiro atoms. The molecule has 1 aromatic rings. The van der Waals surface area contributed by atoms with E-state index in [0.29, 0.717) is 0 Å². The van der Waals surface area contributed by atoms with Crippen molar-refractivity contribution in [2.45, 2.75) is 19.4 Å². The average molecular weight is 254 g/mol. The SMILES string of the molecule is CN(C(=O)Nc1cccc(F)c1)C(C)(C)C(=O)O. The Morgan fingerprint density at radius 2 is 2.00 bits per heavy atom. The molecule has 0 aliphatic heterocycles. The molecule has 0 aliphatic carbocycles. The predicted molar refractivity (Wildman–Crippen MR) is 64.9 cm³/mol. The van der Waals surface area contributed by atoms with E-state index < -0.39 is 23.4 Å². The second-order valence-corrected chi connectivity index (χ2v) is 4.36. The highest BCUT2D eigenvalue weighted by atomic mass is 19.1. The monoisotopic (exact) mass is 254 g/mol. The number of anilines is 1. The number of benzene rings is 1. The normalized spacial score (nSPS) is 10.9. The third-order valence-electron chi connectivity index (χ3n) is 2.74. The summed E-state index contributed by atoms with van der Waals surface area (Å²) in [5.41, 5.74) is -1.08. The standard InChI is InChI=1S/C12H15FN2O3/c1-12(2,10(16)17)15(3)11(18)14-9-6-4-5-8(13)7-9/h4-7H,1-3H3,(H,14,18)(H,16,17). The number of nitrogens with one attached hydrogen (secondary N) is 1. The number of carbonyl (C=O) groups is 2. The summed E-state index contributed by atoms with van der Waals surface area (Å²) in [6.45, 7) is 2.81. The summed E-state index contributed by atoms with van der Waals surface area (Å²) in [5, 5.41) is 11.4. The number of rotatable bonds is 3. The molecule has 0 aliphatic rings. The molecule has 2 N–H and O–H groups in total. The van der Waals surface area contributed by atoms with E-state index in [2.05, 4.69) is 5.32 Å². The van der Waals surface area contributed by atoms with Crippen LogP contribution in [0.3, 0.4) is 0 Å². The van der Waals surface area contributed by atoms with Crippen LogP contribution in [0.15, 0.2) is 24.3 Å². The number of hydrogen-bond donors (Lipinski definition) is 2. The maximum atomic E-state index is 12.9. The van der Waals surface area contributed by atoms with E-state index in [-0.39, 0.29) is 5.69 Å². The summed E-state index contributed by atoms with van der Waals surface area (Å²) in [6, 6.07) is 4.75. The molecule has 0 fully saturated rings. The van der Waals surface area contributed by atoms with E-state index in [1.165, 1.54) is 39.1 Å². The van der Waals surface area contributed by atoms with Gasteiger partial charge < -0.3 is 15.3 Å². The highest BCUT2D eigenvalue weighted by molar-refractivity contribution is 5.93. The number of carbonyl (C=O) groups excluding carboxylic acids is 1. The molecule has 6 heteroatoms. The fourth-order valence-corrected chi connectivity index (χ4v) is 1.17. The minimum atomic E-state index is -1.35. The smallest absolute Gasteiger partial charge is 0.329 e. The lowest BCUT2D eigenvalue weighted by atomic mass is 10.1. The predicted octanol–water partition coefficient (Wildman–Crippen LogP) is 2.15. The molecule has 0 radical (unpaired) electrons. The van der Waals surface area contributed by atoms with Gasteiger partial charge >= 0.3 is 12.0 Å². The van der Waals surface area contributed by atoms with E-state index in [0.717, 1.165) is 11.0 Å². The van der Waals surface area contributed by atoms with Gasteiger partial charge in [-0.2, -0.15) is 0 Å². The molecule has 0 saturated heterocycles. The van der Waals surface area contributed by atoms with Crippen LogP contribution < -0.4 is 5.32 Å². The molecule has 0 aromatic heterocycles.